The van der Waals surface area contributed by atoms with Crippen molar-refractivity contribution in [3.63, 3.8) is 0 Å². The molecule has 108 valence electrons. The van der Waals surface area contributed by atoms with Gasteiger partial charge in [-0.25, -0.2) is 15.0 Å². The third kappa shape index (κ3) is 3.12. The molecular formula is C14H20N4OS. The van der Waals surface area contributed by atoms with Crippen LogP contribution < -0.4 is 5.32 Å². The zero-order valence-electron chi connectivity index (χ0n) is 12.5. The van der Waals surface area contributed by atoms with Gasteiger partial charge < -0.3 is 9.73 Å². The van der Waals surface area contributed by atoms with Crippen molar-refractivity contribution in [3.05, 3.63) is 23.3 Å². The lowest BCUT2D eigenvalue weighted by Gasteiger charge is -2.14. The molecule has 0 unspecified atom stereocenters. The summed E-state index contributed by atoms with van der Waals surface area (Å²) < 4.78 is 5.62. The zero-order valence-corrected chi connectivity index (χ0v) is 13.3. The zero-order chi connectivity index (χ0) is 14.7. The van der Waals surface area contributed by atoms with Crippen molar-refractivity contribution >= 4 is 17.6 Å². The second-order valence-corrected chi connectivity index (χ2v) is 5.79. The second-order valence-electron chi connectivity index (χ2n) is 4.85. The normalized spacial score (nSPS) is 11.1. The fourth-order valence-corrected chi connectivity index (χ4v) is 2.92. The van der Waals surface area contributed by atoms with E-state index in [0.29, 0.717) is 11.1 Å². The van der Waals surface area contributed by atoms with Crippen molar-refractivity contribution in [2.24, 2.45) is 0 Å². The molecule has 5 nitrogen and oxygen atoms in total. The van der Waals surface area contributed by atoms with Gasteiger partial charge in [0.1, 0.15) is 22.9 Å². The van der Waals surface area contributed by atoms with Crippen LogP contribution in [0.15, 0.2) is 21.0 Å². The monoisotopic (exact) mass is 292 g/mol. The first-order valence-electron chi connectivity index (χ1n) is 6.73. The van der Waals surface area contributed by atoms with Crippen LogP contribution in [0.3, 0.4) is 0 Å². The Labute approximate surface area is 123 Å². The summed E-state index contributed by atoms with van der Waals surface area (Å²) in [6.45, 7) is 11.0. The molecule has 0 aliphatic carbocycles. The van der Waals surface area contributed by atoms with Crippen LogP contribution in [0, 0.1) is 13.8 Å². The van der Waals surface area contributed by atoms with Gasteiger partial charge in [0, 0.05) is 12.1 Å². The van der Waals surface area contributed by atoms with Gasteiger partial charge in [-0.3, -0.25) is 0 Å². The highest BCUT2D eigenvalue weighted by Gasteiger charge is 2.18. The average Bonchev–Trinajstić information content (AvgIpc) is 2.68. The molecular weight excluding hydrogens is 272 g/mol. The Hall–Kier alpha value is -1.56. The first kappa shape index (κ1) is 14.8. The van der Waals surface area contributed by atoms with E-state index in [1.807, 2.05) is 13.8 Å². The third-order valence-electron chi connectivity index (χ3n) is 2.96. The van der Waals surface area contributed by atoms with Crippen LogP contribution in [0.4, 0.5) is 5.82 Å². The molecule has 0 atom stereocenters. The van der Waals surface area contributed by atoms with Gasteiger partial charge in [0.15, 0.2) is 0 Å². The molecule has 2 aromatic heterocycles. The number of oxazole rings is 1. The Morgan fingerprint density at radius 1 is 1.30 bits per heavy atom. The highest BCUT2D eigenvalue weighted by Crippen LogP contribution is 2.35. The van der Waals surface area contributed by atoms with Gasteiger partial charge >= 0.3 is 0 Å². The SMILES string of the molecule is CCNc1ncnc(Sc2nc(C)c(C)o2)c1C(C)C. The largest absolute Gasteiger partial charge is 0.436 e. The predicted molar refractivity (Wildman–Crippen MR) is 80.4 cm³/mol. The maximum Gasteiger partial charge on any atom is 0.262 e. The number of aromatic nitrogens is 3. The summed E-state index contributed by atoms with van der Waals surface area (Å²) in [6.07, 6.45) is 1.58. The maximum absolute atomic E-state index is 5.62. The lowest BCUT2D eigenvalue weighted by atomic mass is 10.1. The lowest BCUT2D eigenvalue weighted by Crippen LogP contribution is -2.07. The van der Waals surface area contributed by atoms with Crippen molar-refractivity contribution in [1.29, 1.82) is 0 Å². The van der Waals surface area contributed by atoms with E-state index in [1.54, 1.807) is 6.33 Å². The van der Waals surface area contributed by atoms with Crippen LogP contribution in [0.25, 0.3) is 0 Å². The van der Waals surface area contributed by atoms with E-state index < -0.39 is 0 Å². The van der Waals surface area contributed by atoms with Crippen molar-refractivity contribution in [2.75, 3.05) is 11.9 Å². The summed E-state index contributed by atoms with van der Waals surface area (Å²) in [7, 11) is 0. The van der Waals surface area contributed by atoms with E-state index >= 15 is 0 Å². The van der Waals surface area contributed by atoms with Gasteiger partial charge in [-0.05, 0) is 38.5 Å². The van der Waals surface area contributed by atoms with Gasteiger partial charge in [-0.15, -0.1) is 0 Å². The smallest absolute Gasteiger partial charge is 0.262 e. The number of hydrogen-bond donors (Lipinski definition) is 1. The Bertz CT molecular complexity index is 575. The number of rotatable bonds is 5. The Kier molecular flexibility index (Phi) is 4.65. The summed E-state index contributed by atoms with van der Waals surface area (Å²) in [5.74, 6) is 2.06. The van der Waals surface area contributed by atoms with Gasteiger partial charge in [-0.2, -0.15) is 0 Å². The predicted octanol–water partition coefficient (Wildman–Crippen LogP) is 3.79. The Morgan fingerprint density at radius 2 is 2.05 bits per heavy atom. The van der Waals surface area contributed by atoms with Gasteiger partial charge in [0.25, 0.3) is 5.22 Å². The minimum Gasteiger partial charge on any atom is -0.436 e. The van der Waals surface area contributed by atoms with Crippen molar-refractivity contribution in [3.8, 4) is 0 Å². The van der Waals surface area contributed by atoms with Crippen LogP contribution in [0.1, 0.15) is 43.7 Å². The molecule has 2 heterocycles. The van der Waals surface area contributed by atoms with Crippen molar-refractivity contribution in [1.82, 2.24) is 15.0 Å². The molecule has 0 radical (unpaired) electrons. The molecule has 1 N–H and O–H groups in total. The molecule has 20 heavy (non-hydrogen) atoms. The number of aryl methyl sites for hydroxylation is 2. The van der Waals surface area contributed by atoms with Crippen LogP contribution >= 0.6 is 11.8 Å². The molecule has 0 amide bonds. The molecule has 0 aromatic carbocycles. The van der Waals surface area contributed by atoms with E-state index in [1.165, 1.54) is 11.8 Å². The topological polar surface area (TPSA) is 63.8 Å². The number of hydrogen-bond acceptors (Lipinski definition) is 6. The molecule has 0 bridgehead atoms. The highest BCUT2D eigenvalue weighted by atomic mass is 32.2. The summed E-state index contributed by atoms with van der Waals surface area (Å²) in [5, 5.41) is 4.81. The highest BCUT2D eigenvalue weighted by molar-refractivity contribution is 7.99. The quantitative estimate of drug-likeness (QED) is 0.846. The molecule has 0 saturated carbocycles. The Morgan fingerprint density at radius 3 is 2.60 bits per heavy atom. The molecule has 2 aromatic rings. The summed E-state index contributed by atoms with van der Waals surface area (Å²) in [5.41, 5.74) is 2.02. The molecule has 6 heteroatoms. The number of nitrogens with one attached hydrogen (secondary N) is 1. The molecule has 0 spiro atoms. The molecule has 2 rings (SSSR count). The van der Waals surface area contributed by atoms with E-state index in [9.17, 15) is 0 Å². The van der Waals surface area contributed by atoms with Crippen LogP contribution in [-0.2, 0) is 0 Å². The standard InChI is InChI=1S/C14H20N4OS/c1-6-15-12-11(8(2)3)13(17-7-16-12)20-14-18-9(4)10(5)19-14/h7-8H,6H2,1-5H3,(H,15,16,17). The van der Waals surface area contributed by atoms with Gasteiger partial charge in [0.05, 0.1) is 5.69 Å². The maximum atomic E-state index is 5.62. The first-order valence-corrected chi connectivity index (χ1v) is 7.55. The summed E-state index contributed by atoms with van der Waals surface area (Å²) in [6, 6.07) is 0. The molecule has 0 fully saturated rings. The number of nitrogens with zero attached hydrogens (tertiary/aromatic N) is 3. The van der Waals surface area contributed by atoms with E-state index in [4.69, 9.17) is 4.42 Å². The number of anilines is 1. The summed E-state index contributed by atoms with van der Waals surface area (Å²) in [4.78, 5) is 13.1. The van der Waals surface area contributed by atoms with E-state index in [-0.39, 0.29) is 0 Å². The second kappa shape index (κ2) is 6.26. The van der Waals surface area contributed by atoms with E-state index in [2.05, 4.69) is 41.0 Å². The minimum atomic E-state index is 0.324. The molecule has 0 saturated heterocycles. The van der Waals surface area contributed by atoms with Crippen LogP contribution in [0.5, 0.6) is 0 Å². The van der Waals surface area contributed by atoms with Gasteiger partial charge in [0.2, 0.25) is 0 Å². The van der Waals surface area contributed by atoms with Crippen LogP contribution in [-0.4, -0.2) is 21.5 Å². The minimum absolute atomic E-state index is 0.324. The van der Waals surface area contributed by atoms with Crippen molar-refractivity contribution in [2.45, 2.75) is 50.8 Å². The Balaban J connectivity index is 2.37. The van der Waals surface area contributed by atoms with E-state index in [0.717, 1.165) is 34.4 Å². The third-order valence-corrected chi connectivity index (χ3v) is 3.83. The lowest BCUT2D eigenvalue weighted by molar-refractivity contribution is 0.430. The van der Waals surface area contributed by atoms with Gasteiger partial charge in [-0.1, -0.05) is 13.8 Å². The fourth-order valence-electron chi connectivity index (χ4n) is 1.86. The van der Waals surface area contributed by atoms with Crippen LogP contribution in [0.2, 0.25) is 0 Å². The van der Waals surface area contributed by atoms with Crippen molar-refractivity contribution < 1.29 is 4.42 Å². The fraction of sp³-hybridized carbons (Fsp3) is 0.500. The molecule has 0 aliphatic heterocycles. The first-order chi connectivity index (χ1) is 9.52. The molecule has 0 aliphatic rings. The average molecular weight is 292 g/mol. The summed E-state index contributed by atoms with van der Waals surface area (Å²) >= 11 is 1.45.